The van der Waals surface area contributed by atoms with Crippen LogP contribution in [0.5, 0.6) is 0 Å². The zero-order chi connectivity index (χ0) is 11.2. The van der Waals surface area contributed by atoms with E-state index in [1.165, 1.54) is 31.2 Å². The van der Waals surface area contributed by atoms with Gasteiger partial charge in [0, 0.05) is 10.6 Å². The molecule has 1 aromatic rings. The second-order valence-electron chi connectivity index (χ2n) is 5.38. The predicted octanol–water partition coefficient (Wildman–Crippen LogP) is 3.40. The summed E-state index contributed by atoms with van der Waals surface area (Å²) < 4.78 is 0. The van der Waals surface area contributed by atoms with Gasteiger partial charge >= 0.3 is 0 Å². The first-order valence-electron chi connectivity index (χ1n) is 6.24. The summed E-state index contributed by atoms with van der Waals surface area (Å²) in [5.74, 6) is 1.52. The van der Waals surface area contributed by atoms with E-state index in [9.17, 15) is 0 Å². The Balaban J connectivity index is 1.78. The lowest BCUT2D eigenvalue weighted by Gasteiger charge is -2.12. The van der Waals surface area contributed by atoms with E-state index in [0.29, 0.717) is 0 Å². The molecule has 2 aliphatic rings. The molecule has 3 rings (SSSR count). The van der Waals surface area contributed by atoms with Gasteiger partial charge in [-0.05, 0) is 42.7 Å². The Morgan fingerprint density at radius 1 is 1.19 bits per heavy atom. The van der Waals surface area contributed by atoms with Crippen molar-refractivity contribution in [1.82, 2.24) is 0 Å². The fourth-order valence-electron chi connectivity index (χ4n) is 3.53. The molecule has 86 valence electrons. The molecule has 2 aliphatic carbocycles. The second-order valence-corrected chi connectivity index (χ2v) is 5.79. The van der Waals surface area contributed by atoms with Crippen LogP contribution in [0.15, 0.2) is 24.3 Å². The van der Waals surface area contributed by atoms with E-state index in [2.05, 4.69) is 12.1 Å². The number of benzene rings is 1. The Bertz CT molecular complexity index is 389. The van der Waals surface area contributed by atoms with Crippen LogP contribution in [0.25, 0.3) is 0 Å². The summed E-state index contributed by atoms with van der Waals surface area (Å²) in [6, 6.07) is 8.11. The zero-order valence-corrected chi connectivity index (χ0v) is 10.2. The number of fused-ring (bicyclic) bond motifs is 1. The molecule has 0 amide bonds. The quantitative estimate of drug-likeness (QED) is 0.836. The van der Waals surface area contributed by atoms with Crippen molar-refractivity contribution in [2.24, 2.45) is 17.6 Å². The van der Waals surface area contributed by atoms with Gasteiger partial charge in [-0.15, -0.1) is 0 Å². The van der Waals surface area contributed by atoms with E-state index in [1.54, 1.807) is 0 Å². The second kappa shape index (κ2) is 3.75. The Kier molecular flexibility index (Phi) is 2.49. The summed E-state index contributed by atoms with van der Waals surface area (Å²) in [6.45, 7) is 0. The van der Waals surface area contributed by atoms with Gasteiger partial charge in [-0.25, -0.2) is 0 Å². The highest BCUT2D eigenvalue weighted by atomic mass is 35.5. The van der Waals surface area contributed by atoms with Gasteiger partial charge in [0.25, 0.3) is 0 Å². The van der Waals surface area contributed by atoms with Crippen molar-refractivity contribution in [2.75, 3.05) is 0 Å². The predicted molar refractivity (Wildman–Crippen MR) is 67.5 cm³/mol. The highest BCUT2D eigenvalue weighted by Gasteiger charge is 2.61. The van der Waals surface area contributed by atoms with Crippen LogP contribution in [0.2, 0.25) is 5.02 Å². The van der Waals surface area contributed by atoms with Crippen LogP contribution in [-0.4, -0.2) is 5.54 Å². The number of hydrogen-bond acceptors (Lipinski definition) is 1. The first kappa shape index (κ1) is 10.6. The maximum Gasteiger partial charge on any atom is 0.0438 e. The largest absolute Gasteiger partial charge is 0.324 e. The van der Waals surface area contributed by atoms with Gasteiger partial charge in [0.1, 0.15) is 0 Å². The van der Waals surface area contributed by atoms with Crippen LogP contribution in [0.4, 0.5) is 0 Å². The average Bonchev–Trinajstić information content (AvgIpc) is 2.89. The van der Waals surface area contributed by atoms with Crippen molar-refractivity contribution in [3.63, 3.8) is 0 Å². The van der Waals surface area contributed by atoms with E-state index in [4.69, 9.17) is 17.3 Å². The van der Waals surface area contributed by atoms with Gasteiger partial charge in [0.05, 0.1) is 0 Å². The lowest BCUT2D eigenvalue weighted by atomic mass is 10.0. The molecule has 0 bridgehead atoms. The van der Waals surface area contributed by atoms with E-state index >= 15 is 0 Å². The molecule has 2 atom stereocenters. The molecule has 0 saturated heterocycles. The number of nitrogens with two attached hydrogens (primary N) is 1. The van der Waals surface area contributed by atoms with E-state index < -0.39 is 0 Å². The van der Waals surface area contributed by atoms with Crippen molar-refractivity contribution in [2.45, 2.75) is 37.6 Å². The van der Waals surface area contributed by atoms with Gasteiger partial charge in [0.2, 0.25) is 0 Å². The molecule has 1 aromatic carbocycles. The molecule has 0 heterocycles. The zero-order valence-electron chi connectivity index (χ0n) is 9.45. The van der Waals surface area contributed by atoms with Gasteiger partial charge in [0.15, 0.2) is 0 Å². The van der Waals surface area contributed by atoms with Gasteiger partial charge in [-0.3, -0.25) is 0 Å². The van der Waals surface area contributed by atoms with Crippen LogP contribution in [0.1, 0.15) is 31.2 Å². The van der Waals surface area contributed by atoms with Crippen LogP contribution >= 0.6 is 11.6 Å². The number of rotatable bonds is 2. The molecule has 0 aromatic heterocycles. The van der Waals surface area contributed by atoms with E-state index in [1.807, 2.05) is 12.1 Å². The standard InChI is InChI=1S/C14H18ClN/c15-13-8-4-1-5-10(13)9-14(16)11-6-2-3-7-12(11)14/h1,4-5,8,11-12H,2-3,6-7,9,16H2. The first-order chi connectivity index (χ1) is 7.72. The van der Waals surface area contributed by atoms with Crippen molar-refractivity contribution in [3.05, 3.63) is 34.9 Å². The molecule has 0 spiro atoms. The Hall–Kier alpha value is -0.530. The molecule has 2 N–H and O–H groups in total. The number of halogens is 1. The average molecular weight is 236 g/mol. The third-order valence-electron chi connectivity index (χ3n) is 4.49. The van der Waals surface area contributed by atoms with Crippen LogP contribution < -0.4 is 5.73 Å². The van der Waals surface area contributed by atoms with Crippen molar-refractivity contribution in [1.29, 1.82) is 0 Å². The highest BCUT2D eigenvalue weighted by molar-refractivity contribution is 6.31. The number of hydrogen-bond donors (Lipinski definition) is 1. The Morgan fingerprint density at radius 3 is 2.44 bits per heavy atom. The Labute approximate surface area is 102 Å². The lowest BCUT2D eigenvalue weighted by molar-refractivity contribution is 0.480. The van der Waals surface area contributed by atoms with Crippen molar-refractivity contribution in [3.8, 4) is 0 Å². The lowest BCUT2D eigenvalue weighted by Crippen LogP contribution is -2.29. The molecule has 1 nitrogen and oxygen atoms in total. The van der Waals surface area contributed by atoms with Gasteiger partial charge in [-0.2, -0.15) is 0 Å². The molecule has 2 saturated carbocycles. The molecule has 16 heavy (non-hydrogen) atoms. The van der Waals surface area contributed by atoms with Gasteiger partial charge in [-0.1, -0.05) is 42.6 Å². The molecule has 0 aliphatic heterocycles. The van der Waals surface area contributed by atoms with Crippen LogP contribution in [-0.2, 0) is 6.42 Å². The summed E-state index contributed by atoms with van der Waals surface area (Å²) in [5, 5.41) is 0.871. The van der Waals surface area contributed by atoms with E-state index in [-0.39, 0.29) is 5.54 Å². The molecule has 0 radical (unpaired) electrons. The highest BCUT2D eigenvalue weighted by Crippen LogP contribution is 2.58. The topological polar surface area (TPSA) is 26.0 Å². The smallest absolute Gasteiger partial charge is 0.0438 e. The fourth-order valence-corrected chi connectivity index (χ4v) is 3.73. The van der Waals surface area contributed by atoms with Crippen molar-refractivity contribution >= 4 is 11.6 Å². The minimum atomic E-state index is 0.0570. The first-order valence-corrected chi connectivity index (χ1v) is 6.62. The maximum absolute atomic E-state index is 6.54. The summed E-state index contributed by atoms with van der Waals surface area (Å²) in [6.07, 6.45) is 6.34. The van der Waals surface area contributed by atoms with Crippen molar-refractivity contribution < 1.29 is 0 Å². The SMILES string of the molecule is NC1(Cc2ccccc2Cl)C2CCCCC21. The molecule has 2 fully saturated rings. The fraction of sp³-hybridized carbons (Fsp3) is 0.571. The van der Waals surface area contributed by atoms with Crippen LogP contribution in [0, 0.1) is 11.8 Å². The van der Waals surface area contributed by atoms with E-state index in [0.717, 1.165) is 23.3 Å². The minimum absolute atomic E-state index is 0.0570. The van der Waals surface area contributed by atoms with Gasteiger partial charge < -0.3 is 5.73 Å². The molecule has 2 unspecified atom stereocenters. The minimum Gasteiger partial charge on any atom is -0.324 e. The Morgan fingerprint density at radius 2 is 1.81 bits per heavy atom. The molecular weight excluding hydrogens is 218 g/mol. The summed E-state index contributed by atoms with van der Waals surface area (Å²) in [5.41, 5.74) is 7.82. The van der Waals surface area contributed by atoms with Crippen LogP contribution in [0.3, 0.4) is 0 Å². The molecular formula is C14H18ClN. The summed E-state index contributed by atoms with van der Waals surface area (Å²) in [4.78, 5) is 0. The third kappa shape index (κ3) is 1.57. The molecule has 2 heteroatoms. The summed E-state index contributed by atoms with van der Waals surface area (Å²) in [7, 11) is 0. The normalized spacial score (nSPS) is 36.9. The maximum atomic E-state index is 6.54. The monoisotopic (exact) mass is 235 g/mol. The third-order valence-corrected chi connectivity index (χ3v) is 4.86. The summed E-state index contributed by atoms with van der Waals surface area (Å²) >= 11 is 6.20.